The molecule has 0 saturated heterocycles. The minimum absolute atomic E-state index is 0.0102. The van der Waals surface area contributed by atoms with E-state index in [1.54, 1.807) is 0 Å². The van der Waals surface area contributed by atoms with E-state index in [0.717, 1.165) is 52.9 Å². The second-order valence-electron chi connectivity index (χ2n) is 9.11. The number of H-pyrrole nitrogens is 1. The minimum atomic E-state index is -0.0102. The molecule has 0 aliphatic heterocycles. The Morgan fingerprint density at radius 1 is 1.03 bits per heavy atom. The molecule has 0 spiro atoms. The standard InChI is InChI=1S/C28H29N7O2/c1-5-6-11-23-29-25-24(32-37-4)17(2)18(3)27(36)26(25)35(23)16-19-12-14-20(15-13-19)21-9-7-8-10-22(21)28-30-33-34-31-28/h7-10,12-15H,5-6,11,16H2,1-4H3,(H,30,31,33,34)/b32-24+. The number of aromatic amines is 1. The number of nitrogens with one attached hydrogen (secondary N) is 1. The highest BCUT2D eigenvalue weighted by molar-refractivity contribution is 6.26. The van der Waals surface area contributed by atoms with Crippen LogP contribution in [0.3, 0.4) is 0 Å². The van der Waals surface area contributed by atoms with Crippen molar-refractivity contribution in [1.82, 2.24) is 30.2 Å². The van der Waals surface area contributed by atoms with Gasteiger partial charge in [0.05, 0.1) is 0 Å². The molecule has 2 aromatic carbocycles. The van der Waals surface area contributed by atoms with Crippen molar-refractivity contribution < 1.29 is 9.63 Å². The van der Waals surface area contributed by atoms with E-state index in [9.17, 15) is 4.79 Å². The van der Waals surface area contributed by atoms with Crippen LogP contribution >= 0.6 is 0 Å². The average Bonchev–Trinajstić information content (AvgIpc) is 3.58. The van der Waals surface area contributed by atoms with Crippen molar-refractivity contribution in [1.29, 1.82) is 0 Å². The number of nitrogens with zero attached hydrogens (tertiary/aromatic N) is 6. The fraction of sp³-hybridized carbons (Fsp3) is 0.286. The van der Waals surface area contributed by atoms with Crippen LogP contribution in [-0.4, -0.2) is 48.8 Å². The largest absolute Gasteiger partial charge is 0.399 e. The number of carbonyl (C=O) groups excluding carboxylic acids is 1. The fourth-order valence-corrected chi connectivity index (χ4v) is 4.68. The smallest absolute Gasteiger partial charge is 0.207 e. The average molecular weight is 496 g/mol. The van der Waals surface area contributed by atoms with Crippen LogP contribution in [0.2, 0.25) is 0 Å². The van der Waals surface area contributed by atoms with E-state index in [0.29, 0.717) is 35.0 Å². The maximum absolute atomic E-state index is 13.4. The number of unbranched alkanes of at least 4 members (excludes halogenated alkanes) is 1. The van der Waals surface area contributed by atoms with Crippen LogP contribution in [0.1, 0.15) is 61.2 Å². The number of ketones is 1. The lowest BCUT2D eigenvalue weighted by molar-refractivity contribution is 0.102. The number of oxime groups is 1. The molecule has 0 saturated carbocycles. The molecule has 0 unspecified atom stereocenters. The van der Waals surface area contributed by atoms with Gasteiger partial charge in [-0.2, -0.15) is 0 Å². The van der Waals surface area contributed by atoms with Gasteiger partial charge in [-0.1, -0.05) is 67.0 Å². The number of hydrogen-bond acceptors (Lipinski definition) is 7. The molecule has 0 atom stereocenters. The fourth-order valence-electron chi connectivity index (χ4n) is 4.68. The summed E-state index contributed by atoms with van der Waals surface area (Å²) in [7, 11) is 1.51. The Morgan fingerprint density at radius 3 is 2.46 bits per heavy atom. The van der Waals surface area contributed by atoms with Gasteiger partial charge in [0.15, 0.2) is 5.82 Å². The van der Waals surface area contributed by atoms with E-state index in [4.69, 9.17) is 9.82 Å². The monoisotopic (exact) mass is 495 g/mol. The first-order valence-corrected chi connectivity index (χ1v) is 12.4. The summed E-state index contributed by atoms with van der Waals surface area (Å²) in [6.07, 6.45) is 2.81. The molecule has 1 N–H and O–H groups in total. The SMILES string of the molecule is CCCCc1nc2c(n1Cc1ccc(-c3ccccc3-c3nnn[nH]3)cc1)C(=O)C(C)=C(C)/C2=N\OC. The molecule has 0 fully saturated rings. The number of allylic oxidation sites excluding steroid dienone is 2. The first-order valence-electron chi connectivity index (χ1n) is 12.4. The van der Waals surface area contributed by atoms with Gasteiger partial charge in [-0.25, -0.2) is 10.1 Å². The molecule has 9 nitrogen and oxygen atoms in total. The molecule has 4 aromatic rings. The summed E-state index contributed by atoms with van der Waals surface area (Å²) in [6.45, 7) is 6.42. The third kappa shape index (κ3) is 4.48. The zero-order valence-corrected chi connectivity index (χ0v) is 21.4. The van der Waals surface area contributed by atoms with Crippen LogP contribution in [0, 0.1) is 0 Å². The number of imidazole rings is 1. The van der Waals surface area contributed by atoms with Gasteiger partial charge in [-0.15, -0.1) is 5.10 Å². The van der Waals surface area contributed by atoms with Gasteiger partial charge < -0.3 is 9.40 Å². The van der Waals surface area contributed by atoms with E-state index in [1.807, 2.05) is 32.0 Å². The third-order valence-electron chi connectivity index (χ3n) is 6.81. The second kappa shape index (κ2) is 10.3. The zero-order chi connectivity index (χ0) is 25.9. The summed E-state index contributed by atoms with van der Waals surface area (Å²) < 4.78 is 2.05. The van der Waals surface area contributed by atoms with Gasteiger partial charge in [0.25, 0.3) is 0 Å². The normalized spacial score (nSPS) is 14.4. The van der Waals surface area contributed by atoms with Crippen molar-refractivity contribution in [2.24, 2.45) is 5.16 Å². The molecule has 2 heterocycles. The topological polar surface area (TPSA) is 111 Å². The van der Waals surface area contributed by atoms with Crippen molar-refractivity contribution in [2.75, 3.05) is 7.11 Å². The Labute approximate surface area is 215 Å². The number of tetrazole rings is 1. The Bertz CT molecular complexity index is 1500. The molecule has 0 amide bonds. The second-order valence-corrected chi connectivity index (χ2v) is 9.11. The molecule has 9 heteroatoms. The number of Topliss-reactive ketones (excluding diaryl/α,β-unsaturated/α-hetero) is 1. The molecular weight excluding hydrogens is 466 g/mol. The summed E-state index contributed by atoms with van der Waals surface area (Å²) in [5.41, 5.74) is 7.36. The molecule has 5 rings (SSSR count). The van der Waals surface area contributed by atoms with Gasteiger partial charge in [-0.3, -0.25) is 4.79 Å². The quantitative estimate of drug-likeness (QED) is 0.344. The van der Waals surface area contributed by atoms with Crippen molar-refractivity contribution >= 4 is 11.5 Å². The molecule has 2 aromatic heterocycles. The predicted molar refractivity (Wildman–Crippen MR) is 141 cm³/mol. The van der Waals surface area contributed by atoms with E-state index in [-0.39, 0.29) is 5.78 Å². The van der Waals surface area contributed by atoms with Crippen molar-refractivity contribution in [2.45, 2.75) is 46.6 Å². The van der Waals surface area contributed by atoms with E-state index < -0.39 is 0 Å². The van der Waals surface area contributed by atoms with E-state index in [2.05, 4.69) is 67.6 Å². The van der Waals surface area contributed by atoms with Crippen molar-refractivity contribution in [3.05, 3.63) is 82.5 Å². The summed E-state index contributed by atoms with van der Waals surface area (Å²) in [5.74, 6) is 1.50. The molecular formula is C28H29N7O2. The van der Waals surface area contributed by atoms with Crippen LogP contribution in [0.4, 0.5) is 0 Å². The number of aryl methyl sites for hydroxylation is 1. The van der Waals surface area contributed by atoms with Gasteiger partial charge in [0.2, 0.25) is 5.78 Å². The number of rotatable bonds is 8. The minimum Gasteiger partial charge on any atom is -0.399 e. The lowest BCUT2D eigenvalue weighted by atomic mass is 9.91. The Morgan fingerprint density at radius 2 is 1.78 bits per heavy atom. The highest BCUT2D eigenvalue weighted by atomic mass is 16.6. The first kappa shape index (κ1) is 24.3. The molecule has 188 valence electrons. The lowest BCUT2D eigenvalue weighted by Gasteiger charge is -2.18. The Balaban J connectivity index is 1.53. The van der Waals surface area contributed by atoms with Gasteiger partial charge in [0, 0.05) is 24.1 Å². The van der Waals surface area contributed by atoms with Gasteiger partial charge >= 0.3 is 0 Å². The van der Waals surface area contributed by atoms with E-state index >= 15 is 0 Å². The summed E-state index contributed by atoms with van der Waals surface area (Å²) in [4.78, 5) is 23.4. The number of hydrogen-bond donors (Lipinski definition) is 1. The summed E-state index contributed by atoms with van der Waals surface area (Å²) >= 11 is 0. The lowest BCUT2D eigenvalue weighted by Crippen LogP contribution is -2.23. The van der Waals surface area contributed by atoms with Crippen molar-refractivity contribution in [3.63, 3.8) is 0 Å². The molecule has 1 aliphatic rings. The third-order valence-corrected chi connectivity index (χ3v) is 6.81. The van der Waals surface area contributed by atoms with Crippen LogP contribution in [0.5, 0.6) is 0 Å². The maximum Gasteiger partial charge on any atom is 0.207 e. The Kier molecular flexibility index (Phi) is 6.76. The van der Waals surface area contributed by atoms with Crippen LogP contribution in [0.15, 0.2) is 64.8 Å². The number of aromatic nitrogens is 6. The predicted octanol–water partition coefficient (Wildman–Crippen LogP) is 5.00. The highest BCUT2D eigenvalue weighted by Gasteiger charge is 2.33. The van der Waals surface area contributed by atoms with E-state index in [1.165, 1.54) is 7.11 Å². The Hall–Kier alpha value is -4.40. The maximum atomic E-state index is 13.4. The van der Waals surface area contributed by atoms with Crippen LogP contribution in [-0.2, 0) is 17.8 Å². The molecule has 1 aliphatic carbocycles. The molecule has 0 bridgehead atoms. The zero-order valence-electron chi connectivity index (χ0n) is 21.4. The first-order chi connectivity index (χ1) is 18.0. The van der Waals surface area contributed by atoms with Crippen LogP contribution in [0.25, 0.3) is 22.5 Å². The number of carbonyl (C=O) groups is 1. The molecule has 37 heavy (non-hydrogen) atoms. The molecule has 0 radical (unpaired) electrons. The summed E-state index contributed by atoms with van der Waals surface area (Å²) in [6, 6.07) is 16.4. The van der Waals surface area contributed by atoms with Crippen LogP contribution < -0.4 is 0 Å². The van der Waals surface area contributed by atoms with Gasteiger partial charge in [-0.05, 0) is 53.0 Å². The number of benzene rings is 2. The number of fused-ring (bicyclic) bond motifs is 1. The van der Waals surface area contributed by atoms with Crippen molar-refractivity contribution in [3.8, 4) is 22.5 Å². The summed E-state index contributed by atoms with van der Waals surface area (Å²) in [5, 5.41) is 18.6. The van der Waals surface area contributed by atoms with Gasteiger partial charge in [0.1, 0.15) is 30.0 Å². The highest BCUT2D eigenvalue weighted by Crippen LogP contribution is 2.31.